The second kappa shape index (κ2) is 4.95. The van der Waals surface area contributed by atoms with E-state index in [0.29, 0.717) is 0 Å². The van der Waals surface area contributed by atoms with Crippen molar-refractivity contribution in [2.75, 3.05) is 0 Å². The number of non-ortho nitro benzene ring substituents is 1. The first-order valence-electron chi connectivity index (χ1n) is 5.84. The third-order valence-corrected chi connectivity index (χ3v) is 3.14. The Morgan fingerprint density at radius 3 is 2.35 bits per heavy atom. The van der Waals surface area contributed by atoms with Gasteiger partial charge in [-0.15, -0.1) is 0 Å². The van der Waals surface area contributed by atoms with E-state index in [1.54, 1.807) is 12.1 Å². The fourth-order valence-corrected chi connectivity index (χ4v) is 2.01. The van der Waals surface area contributed by atoms with Gasteiger partial charge in [0.1, 0.15) is 0 Å². The number of benzene rings is 1. The summed E-state index contributed by atoms with van der Waals surface area (Å²) in [6.45, 7) is 2.16. The van der Waals surface area contributed by atoms with Gasteiger partial charge < -0.3 is 0 Å². The number of nitro benzene ring substituents is 1. The summed E-state index contributed by atoms with van der Waals surface area (Å²) in [7, 11) is 0. The Kier molecular flexibility index (Phi) is 3.38. The molecule has 0 spiro atoms. The summed E-state index contributed by atoms with van der Waals surface area (Å²) in [5.74, 6) is 0. The van der Waals surface area contributed by atoms with Crippen LogP contribution in [0.3, 0.4) is 0 Å². The number of allylic oxidation sites excluding steroid dienone is 4. The number of rotatable bonds is 3. The molecule has 0 N–H and O–H groups in total. The molecular weight excluding hydrogens is 214 g/mol. The van der Waals surface area contributed by atoms with Crippen LogP contribution in [0.15, 0.2) is 42.0 Å². The van der Waals surface area contributed by atoms with E-state index in [0.717, 1.165) is 24.8 Å². The van der Waals surface area contributed by atoms with Crippen molar-refractivity contribution in [3.05, 3.63) is 57.7 Å². The molecule has 1 aliphatic carbocycles. The molecule has 0 atom stereocenters. The largest absolute Gasteiger partial charge is 0.269 e. The van der Waals surface area contributed by atoms with Crippen LogP contribution in [0.4, 0.5) is 5.69 Å². The second-order valence-electron chi connectivity index (χ2n) is 4.17. The Bertz CT molecular complexity index is 483. The zero-order valence-corrected chi connectivity index (χ0v) is 9.85. The van der Waals surface area contributed by atoms with Crippen LogP contribution in [-0.4, -0.2) is 4.92 Å². The molecule has 17 heavy (non-hydrogen) atoms. The molecule has 3 nitrogen and oxygen atoms in total. The number of nitrogens with zero attached hydrogens (tertiary/aromatic N) is 1. The van der Waals surface area contributed by atoms with Crippen molar-refractivity contribution in [2.24, 2.45) is 0 Å². The fourth-order valence-electron chi connectivity index (χ4n) is 2.01. The molecular formula is C14H15NO2. The zero-order chi connectivity index (χ0) is 12.3. The van der Waals surface area contributed by atoms with Crippen LogP contribution in [0.5, 0.6) is 0 Å². The van der Waals surface area contributed by atoms with Crippen molar-refractivity contribution in [1.29, 1.82) is 0 Å². The van der Waals surface area contributed by atoms with Crippen molar-refractivity contribution in [2.45, 2.75) is 26.2 Å². The molecule has 0 radical (unpaired) electrons. The second-order valence-corrected chi connectivity index (χ2v) is 4.17. The molecule has 2 rings (SSSR count). The Hall–Kier alpha value is -1.90. The molecule has 0 saturated heterocycles. The first kappa shape index (κ1) is 11.6. The Morgan fingerprint density at radius 1 is 1.18 bits per heavy atom. The molecule has 0 fully saturated rings. The van der Waals surface area contributed by atoms with Crippen LogP contribution in [0.2, 0.25) is 0 Å². The van der Waals surface area contributed by atoms with Gasteiger partial charge in [-0.3, -0.25) is 10.1 Å². The van der Waals surface area contributed by atoms with Gasteiger partial charge in [0.15, 0.2) is 0 Å². The van der Waals surface area contributed by atoms with Crippen molar-refractivity contribution in [3.8, 4) is 0 Å². The van der Waals surface area contributed by atoms with Crippen molar-refractivity contribution in [1.82, 2.24) is 0 Å². The first-order chi connectivity index (χ1) is 8.20. The van der Waals surface area contributed by atoms with E-state index in [9.17, 15) is 10.1 Å². The van der Waals surface area contributed by atoms with Crippen LogP contribution in [0, 0.1) is 10.1 Å². The standard InChI is InChI=1S/C14H15NO2/c1-2-11-3-5-12(6-4-11)13-7-9-14(10-8-13)15(16)17/h3,5,7-10H,2,4,6H2,1H3. The highest BCUT2D eigenvalue weighted by Crippen LogP contribution is 2.28. The van der Waals surface area contributed by atoms with Gasteiger partial charge in [0.05, 0.1) is 4.92 Å². The summed E-state index contributed by atoms with van der Waals surface area (Å²) in [5, 5.41) is 10.6. The maximum atomic E-state index is 10.6. The number of hydrogen-bond donors (Lipinski definition) is 0. The van der Waals surface area contributed by atoms with Gasteiger partial charge in [-0.25, -0.2) is 0 Å². The lowest BCUT2D eigenvalue weighted by atomic mass is 9.92. The van der Waals surface area contributed by atoms with Gasteiger partial charge >= 0.3 is 0 Å². The molecule has 1 aromatic rings. The van der Waals surface area contributed by atoms with Crippen LogP contribution in [0.25, 0.3) is 5.57 Å². The van der Waals surface area contributed by atoms with Gasteiger partial charge in [0.2, 0.25) is 0 Å². The smallest absolute Gasteiger partial charge is 0.258 e. The summed E-state index contributed by atoms with van der Waals surface area (Å²) < 4.78 is 0. The molecule has 1 aliphatic rings. The monoisotopic (exact) mass is 229 g/mol. The van der Waals surface area contributed by atoms with Crippen LogP contribution >= 0.6 is 0 Å². The minimum Gasteiger partial charge on any atom is -0.258 e. The summed E-state index contributed by atoms with van der Waals surface area (Å²) in [4.78, 5) is 10.2. The maximum Gasteiger partial charge on any atom is 0.269 e. The van der Waals surface area contributed by atoms with E-state index in [2.05, 4.69) is 19.1 Å². The summed E-state index contributed by atoms with van der Waals surface area (Å²) in [6, 6.07) is 6.79. The van der Waals surface area contributed by atoms with Crippen molar-refractivity contribution < 1.29 is 4.92 Å². The normalized spacial score (nSPS) is 15.1. The van der Waals surface area contributed by atoms with Crippen molar-refractivity contribution >= 4 is 11.3 Å². The van der Waals surface area contributed by atoms with Gasteiger partial charge in [-0.05, 0) is 42.5 Å². The lowest BCUT2D eigenvalue weighted by Gasteiger charge is -2.13. The highest BCUT2D eigenvalue weighted by molar-refractivity contribution is 5.69. The topological polar surface area (TPSA) is 43.1 Å². The zero-order valence-electron chi connectivity index (χ0n) is 9.85. The van der Waals surface area contributed by atoms with Crippen LogP contribution < -0.4 is 0 Å². The third kappa shape index (κ3) is 2.61. The minimum atomic E-state index is -0.367. The van der Waals surface area contributed by atoms with Gasteiger partial charge in [-0.2, -0.15) is 0 Å². The number of hydrogen-bond acceptors (Lipinski definition) is 2. The summed E-state index contributed by atoms with van der Waals surface area (Å²) in [6.07, 6.45) is 7.52. The summed E-state index contributed by atoms with van der Waals surface area (Å²) in [5.41, 5.74) is 3.96. The van der Waals surface area contributed by atoms with E-state index >= 15 is 0 Å². The molecule has 88 valence electrons. The van der Waals surface area contributed by atoms with Crippen molar-refractivity contribution in [3.63, 3.8) is 0 Å². The highest BCUT2D eigenvalue weighted by Gasteiger charge is 2.09. The van der Waals surface area contributed by atoms with E-state index in [-0.39, 0.29) is 10.6 Å². The molecule has 0 aromatic heterocycles. The lowest BCUT2D eigenvalue weighted by Crippen LogP contribution is -1.93. The molecule has 0 heterocycles. The maximum absolute atomic E-state index is 10.6. The SMILES string of the molecule is CCC1=CC=C(c2ccc([N+](=O)[O-])cc2)CC1. The Morgan fingerprint density at radius 2 is 1.88 bits per heavy atom. The summed E-state index contributed by atoms with van der Waals surface area (Å²) >= 11 is 0. The predicted octanol–water partition coefficient (Wildman–Crippen LogP) is 4.11. The van der Waals surface area contributed by atoms with Gasteiger partial charge in [0.25, 0.3) is 5.69 Å². The Balaban J connectivity index is 2.21. The van der Waals surface area contributed by atoms with Gasteiger partial charge in [-0.1, -0.05) is 24.6 Å². The molecule has 0 amide bonds. The molecule has 0 bridgehead atoms. The third-order valence-electron chi connectivity index (χ3n) is 3.14. The highest BCUT2D eigenvalue weighted by atomic mass is 16.6. The molecule has 0 aliphatic heterocycles. The molecule has 0 saturated carbocycles. The lowest BCUT2D eigenvalue weighted by molar-refractivity contribution is -0.384. The minimum absolute atomic E-state index is 0.148. The average Bonchev–Trinajstić information content (AvgIpc) is 2.39. The predicted molar refractivity (Wildman–Crippen MR) is 68.7 cm³/mol. The van der Waals surface area contributed by atoms with E-state index in [1.165, 1.54) is 11.1 Å². The number of nitro groups is 1. The molecule has 1 aromatic carbocycles. The fraction of sp³-hybridized carbons (Fsp3) is 0.286. The van der Waals surface area contributed by atoms with E-state index in [4.69, 9.17) is 0 Å². The Labute approximate surface area is 101 Å². The van der Waals surface area contributed by atoms with Gasteiger partial charge in [0, 0.05) is 12.1 Å². The van der Waals surface area contributed by atoms with Crippen LogP contribution in [0.1, 0.15) is 31.7 Å². The quantitative estimate of drug-likeness (QED) is 0.578. The molecule has 0 unspecified atom stereocenters. The molecule has 3 heteroatoms. The van der Waals surface area contributed by atoms with E-state index in [1.807, 2.05) is 12.1 Å². The first-order valence-corrected chi connectivity index (χ1v) is 5.84. The van der Waals surface area contributed by atoms with Crippen LogP contribution in [-0.2, 0) is 0 Å². The average molecular weight is 229 g/mol. The van der Waals surface area contributed by atoms with E-state index < -0.39 is 0 Å².